The van der Waals surface area contributed by atoms with Crippen LogP contribution in [0.4, 0.5) is 5.69 Å². The van der Waals surface area contributed by atoms with E-state index in [1.54, 1.807) is 32.4 Å². The summed E-state index contributed by atoms with van der Waals surface area (Å²) in [4.78, 5) is 3.80. The molecular formula is C31H29N2O+. The molecule has 0 spiro atoms. The first-order chi connectivity index (χ1) is 18.0. The molecule has 0 amide bonds. The summed E-state index contributed by atoms with van der Waals surface area (Å²) in [7, 11) is 1.81. The van der Waals surface area contributed by atoms with Gasteiger partial charge in [-0.25, -0.2) is 4.85 Å². The van der Waals surface area contributed by atoms with Crippen molar-refractivity contribution < 1.29 is 14.5 Å². The molecule has 0 aliphatic carbocycles. The average Bonchev–Trinajstić information content (AvgIpc) is 3.25. The molecule has 0 aliphatic heterocycles. The molecule has 0 bridgehead atoms. The molecule has 5 aromatic rings. The second-order valence-corrected chi connectivity index (χ2v) is 9.00. The van der Waals surface area contributed by atoms with Crippen LogP contribution in [0.1, 0.15) is 36.2 Å². The summed E-state index contributed by atoms with van der Waals surface area (Å²) in [5.74, 6) is -0.415. The quantitative estimate of drug-likeness (QED) is 0.200. The van der Waals surface area contributed by atoms with Crippen LogP contribution in [0, 0.1) is 26.3 Å². The van der Waals surface area contributed by atoms with Crippen molar-refractivity contribution >= 4 is 27.6 Å². The fourth-order valence-corrected chi connectivity index (χ4v) is 4.47. The van der Waals surface area contributed by atoms with Gasteiger partial charge in [0.15, 0.2) is 11.4 Å². The fraction of sp³-hybridized carbons (Fsp3) is 0.226. The van der Waals surface area contributed by atoms with E-state index in [4.69, 9.17) is 16.5 Å². The van der Waals surface area contributed by atoms with Gasteiger partial charge in [-0.1, -0.05) is 56.3 Å². The number of aromatic nitrogens is 1. The van der Waals surface area contributed by atoms with Gasteiger partial charge in [0.2, 0.25) is 5.69 Å². The van der Waals surface area contributed by atoms with Gasteiger partial charge in [0.1, 0.15) is 18.2 Å². The Morgan fingerprint density at radius 2 is 1.82 bits per heavy atom. The van der Waals surface area contributed by atoms with Crippen LogP contribution in [0.2, 0.25) is 0 Å². The van der Waals surface area contributed by atoms with Crippen molar-refractivity contribution in [1.82, 2.24) is 0 Å². The second kappa shape index (κ2) is 8.47. The lowest BCUT2D eigenvalue weighted by molar-refractivity contribution is -0.666. The van der Waals surface area contributed by atoms with Crippen LogP contribution in [-0.2, 0) is 13.4 Å². The predicted molar refractivity (Wildman–Crippen MR) is 140 cm³/mol. The highest BCUT2D eigenvalue weighted by molar-refractivity contribution is 6.12. The molecule has 3 heteroatoms. The summed E-state index contributed by atoms with van der Waals surface area (Å²) in [5.41, 5.74) is 6.21. The second-order valence-electron chi connectivity index (χ2n) is 9.00. The number of benzene rings is 3. The minimum atomic E-state index is -1.85. The smallest absolute Gasteiger partial charge is 0.216 e. The maximum absolute atomic E-state index is 9.17. The van der Waals surface area contributed by atoms with E-state index in [1.165, 1.54) is 0 Å². The van der Waals surface area contributed by atoms with E-state index in [2.05, 4.69) is 4.85 Å². The summed E-state index contributed by atoms with van der Waals surface area (Å²) < 4.78 is 43.7. The lowest BCUT2D eigenvalue weighted by atomic mass is 9.96. The van der Waals surface area contributed by atoms with E-state index >= 15 is 0 Å². The lowest BCUT2D eigenvalue weighted by Crippen LogP contribution is -2.35. The van der Waals surface area contributed by atoms with Gasteiger partial charge in [-0.2, -0.15) is 4.57 Å². The third-order valence-corrected chi connectivity index (χ3v) is 6.23. The first kappa shape index (κ1) is 17.6. The number of aryl methyl sites for hydroxylation is 1. The van der Waals surface area contributed by atoms with Crippen molar-refractivity contribution in [2.45, 2.75) is 34.1 Å². The minimum absolute atomic E-state index is 0.00956. The number of hydrogen-bond donors (Lipinski definition) is 0. The standard InChI is InChI=1S/C31H29N2O/c1-19(2)14-22-15-21(4)33(6)28(16-22)30-20(3)12-13-24-26-17-27(32-5)25(18-29(26)34-31(24)30)23-10-8-7-9-11-23/h7-13,15-19H,14H2,1-4,6H3/q+1/i14D2,15D,16D. The highest BCUT2D eigenvalue weighted by atomic mass is 16.3. The van der Waals surface area contributed by atoms with E-state index < -0.39 is 12.3 Å². The van der Waals surface area contributed by atoms with Gasteiger partial charge in [0.25, 0.3) is 0 Å². The van der Waals surface area contributed by atoms with Gasteiger partial charge in [0.05, 0.1) is 14.9 Å². The van der Waals surface area contributed by atoms with Crippen LogP contribution in [0.3, 0.4) is 0 Å². The van der Waals surface area contributed by atoms with Crippen LogP contribution in [-0.4, -0.2) is 0 Å². The first-order valence-electron chi connectivity index (χ1n) is 13.4. The normalized spacial score (nSPS) is 13.6. The van der Waals surface area contributed by atoms with Crippen molar-refractivity contribution in [3.63, 3.8) is 0 Å². The van der Waals surface area contributed by atoms with Crippen molar-refractivity contribution in [1.29, 1.82) is 0 Å². The summed E-state index contributed by atoms with van der Waals surface area (Å²) in [6.45, 7) is 15.1. The number of hydrogen-bond acceptors (Lipinski definition) is 1. The molecular weight excluding hydrogens is 416 g/mol. The molecule has 0 aliphatic rings. The molecule has 5 rings (SSSR count). The molecule has 0 radical (unpaired) electrons. The highest BCUT2D eigenvalue weighted by Crippen LogP contribution is 2.42. The number of fused-ring (bicyclic) bond motifs is 3. The van der Waals surface area contributed by atoms with E-state index in [0.29, 0.717) is 33.8 Å². The van der Waals surface area contributed by atoms with Crippen molar-refractivity contribution in [2.75, 3.05) is 0 Å². The van der Waals surface area contributed by atoms with Crippen LogP contribution in [0.25, 0.3) is 49.2 Å². The molecule has 2 heterocycles. The van der Waals surface area contributed by atoms with Crippen molar-refractivity contribution in [3.8, 4) is 22.4 Å². The van der Waals surface area contributed by atoms with E-state index in [1.807, 2.05) is 61.5 Å². The summed E-state index contributed by atoms with van der Waals surface area (Å²) in [5, 5.41) is 1.64. The van der Waals surface area contributed by atoms with Crippen LogP contribution in [0.15, 0.2) is 71.1 Å². The minimum Gasteiger partial charge on any atom is -0.455 e. The number of furan rings is 1. The molecule has 0 saturated carbocycles. The van der Waals surface area contributed by atoms with E-state index in [-0.39, 0.29) is 17.6 Å². The molecule has 2 aromatic heterocycles. The Morgan fingerprint density at radius 1 is 1.06 bits per heavy atom. The maximum atomic E-state index is 9.17. The number of pyridine rings is 1. The summed E-state index contributed by atoms with van der Waals surface area (Å²) >= 11 is 0. The van der Waals surface area contributed by atoms with Crippen molar-refractivity contribution in [2.24, 2.45) is 13.0 Å². The Kier molecular flexibility index (Phi) is 4.37. The molecule has 0 N–H and O–H groups in total. The Labute approximate surface area is 206 Å². The molecule has 0 saturated heterocycles. The molecule has 168 valence electrons. The Bertz CT molecular complexity index is 1780. The zero-order valence-electron chi connectivity index (χ0n) is 24.1. The third-order valence-electron chi connectivity index (χ3n) is 6.23. The van der Waals surface area contributed by atoms with Gasteiger partial charge in [-0.05, 0) is 53.6 Å². The first-order valence-corrected chi connectivity index (χ1v) is 11.4. The Balaban J connectivity index is 1.89. The zero-order valence-corrected chi connectivity index (χ0v) is 20.1. The third kappa shape index (κ3) is 3.66. The predicted octanol–water partition coefficient (Wildman–Crippen LogP) is 8.11. The van der Waals surface area contributed by atoms with Gasteiger partial charge in [-0.3, -0.25) is 0 Å². The van der Waals surface area contributed by atoms with Gasteiger partial charge >= 0.3 is 0 Å². The molecule has 3 nitrogen and oxygen atoms in total. The largest absolute Gasteiger partial charge is 0.455 e. The molecule has 34 heavy (non-hydrogen) atoms. The Hall–Kier alpha value is -3.90. The van der Waals surface area contributed by atoms with E-state index in [9.17, 15) is 0 Å². The topological polar surface area (TPSA) is 21.4 Å². The SMILES string of the molecule is [2H]c1c(C([2H])([2H])C(C)C)c([2H])c(-c2c(C)ccc3c2oc2cc(-c4ccccc4)c([N+]#[C-])cc23)[n+](C)c1C. The van der Waals surface area contributed by atoms with Gasteiger partial charge in [-0.15, -0.1) is 0 Å². The summed E-state index contributed by atoms with van der Waals surface area (Å²) in [6.07, 6.45) is -1.85. The van der Waals surface area contributed by atoms with Gasteiger partial charge < -0.3 is 4.42 Å². The molecule has 3 aromatic carbocycles. The monoisotopic (exact) mass is 449 g/mol. The Morgan fingerprint density at radius 3 is 2.53 bits per heavy atom. The van der Waals surface area contributed by atoms with Gasteiger partial charge in [0, 0.05) is 32.5 Å². The number of nitrogens with zero attached hydrogens (tertiary/aromatic N) is 2. The zero-order chi connectivity index (χ0) is 27.5. The van der Waals surface area contributed by atoms with Crippen LogP contribution in [0.5, 0.6) is 0 Å². The number of rotatable bonds is 4. The highest BCUT2D eigenvalue weighted by Gasteiger charge is 2.23. The summed E-state index contributed by atoms with van der Waals surface area (Å²) in [6, 6.07) is 17.5. The fourth-order valence-electron chi connectivity index (χ4n) is 4.47. The maximum Gasteiger partial charge on any atom is 0.216 e. The van der Waals surface area contributed by atoms with Crippen LogP contribution >= 0.6 is 0 Å². The van der Waals surface area contributed by atoms with Crippen LogP contribution < -0.4 is 4.57 Å². The average molecular weight is 450 g/mol. The lowest BCUT2D eigenvalue weighted by Gasteiger charge is -2.11. The van der Waals surface area contributed by atoms with E-state index in [0.717, 1.165) is 27.5 Å². The molecule has 0 fully saturated rings. The van der Waals surface area contributed by atoms with Crippen molar-refractivity contribution in [3.05, 3.63) is 94.9 Å². The molecule has 0 atom stereocenters. The molecule has 0 unspecified atom stereocenters.